The van der Waals surface area contributed by atoms with E-state index in [1.165, 1.54) is 0 Å². The summed E-state index contributed by atoms with van der Waals surface area (Å²) in [6, 6.07) is 19.2. The first-order chi connectivity index (χ1) is 14.6. The third-order valence-corrected chi connectivity index (χ3v) is 4.44. The second kappa shape index (κ2) is 10.6. The Bertz CT molecular complexity index is 964. The van der Waals surface area contributed by atoms with Gasteiger partial charge in [0.05, 0.1) is 7.11 Å². The highest BCUT2D eigenvalue weighted by Crippen LogP contribution is 2.12. The molecule has 0 aliphatic heterocycles. The zero-order valence-corrected chi connectivity index (χ0v) is 16.7. The summed E-state index contributed by atoms with van der Waals surface area (Å²) in [5.74, 6) is 0.412. The standard InChI is InChI=1S/C23H24N4O3/c1-30-20-9-5-8-18(14-20)16-25-23(29)27-21(15-17-6-3-2-4-7-17)22(28)26-19-10-12-24-13-11-19/h2-14,21H,15-16H2,1H3,(H,24,26,28)(H2,25,27,29)/t21-/m0/s1. The molecule has 0 bridgehead atoms. The van der Waals surface area contributed by atoms with Gasteiger partial charge < -0.3 is 20.7 Å². The summed E-state index contributed by atoms with van der Waals surface area (Å²) in [5.41, 5.74) is 2.46. The molecule has 30 heavy (non-hydrogen) atoms. The molecule has 0 aliphatic carbocycles. The van der Waals surface area contributed by atoms with Crippen molar-refractivity contribution in [3.8, 4) is 5.75 Å². The van der Waals surface area contributed by atoms with Crippen LogP contribution in [0.4, 0.5) is 10.5 Å². The van der Waals surface area contributed by atoms with Crippen LogP contribution in [0, 0.1) is 0 Å². The molecule has 1 aromatic heterocycles. The van der Waals surface area contributed by atoms with Gasteiger partial charge in [-0.2, -0.15) is 0 Å². The van der Waals surface area contributed by atoms with E-state index in [9.17, 15) is 9.59 Å². The van der Waals surface area contributed by atoms with Crippen molar-refractivity contribution in [2.45, 2.75) is 19.0 Å². The van der Waals surface area contributed by atoms with Crippen molar-refractivity contribution in [2.75, 3.05) is 12.4 Å². The fourth-order valence-corrected chi connectivity index (χ4v) is 2.90. The minimum atomic E-state index is -0.745. The fraction of sp³-hybridized carbons (Fsp3) is 0.174. The zero-order valence-electron chi connectivity index (χ0n) is 16.7. The number of hydrogen-bond acceptors (Lipinski definition) is 4. The van der Waals surface area contributed by atoms with Gasteiger partial charge in [-0.15, -0.1) is 0 Å². The lowest BCUT2D eigenvalue weighted by molar-refractivity contribution is -0.117. The van der Waals surface area contributed by atoms with Crippen LogP contribution in [0.5, 0.6) is 5.75 Å². The summed E-state index contributed by atoms with van der Waals surface area (Å²) >= 11 is 0. The van der Waals surface area contributed by atoms with Gasteiger partial charge in [0.2, 0.25) is 5.91 Å². The zero-order chi connectivity index (χ0) is 21.2. The molecule has 0 saturated carbocycles. The molecule has 3 N–H and O–H groups in total. The first-order valence-corrected chi connectivity index (χ1v) is 9.56. The van der Waals surface area contributed by atoms with Crippen molar-refractivity contribution in [3.63, 3.8) is 0 Å². The molecule has 7 heteroatoms. The maximum Gasteiger partial charge on any atom is 0.315 e. The number of urea groups is 1. The lowest BCUT2D eigenvalue weighted by Gasteiger charge is -2.19. The van der Waals surface area contributed by atoms with Crippen molar-refractivity contribution >= 4 is 17.6 Å². The van der Waals surface area contributed by atoms with Crippen LogP contribution in [0.25, 0.3) is 0 Å². The number of rotatable bonds is 8. The molecule has 0 saturated heterocycles. The van der Waals surface area contributed by atoms with Crippen LogP contribution in [-0.2, 0) is 17.8 Å². The van der Waals surface area contributed by atoms with Crippen LogP contribution in [0.15, 0.2) is 79.1 Å². The summed E-state index contributed by atoms with van der Waals surface area (Å²) in [7, 11) is 1.59. The van der Waals surface area contributed by atoms with Crippen LogP contribution < -0.4 is 20.7 Å². The Balaban J connectivity index is 1.64. The van der Waals surface area contributed by atoms with Gasteiger partial charge >= 0.3 is 6.03 Å². The predicted octanol–water partition coefficient (Wildman–Crippen LogP) is 3.14. The van der Waals surface area contributed by atoms with Crippen molar-refractivity contribution in [1.29, 1.82) is 0 Å². The number of nitrogens with one attached hydrogen (secondary N) is 3. The molecule has 3 aromatic rings. The maximum atomic E-state index is 12.8. The molecule has 0 unspecified atom stereocenters. The summed E-state index contributed by atoms with van der Waals surface area (Å²) < 4.78 is 5.19. The van der Waals surface area contributed by atoms with Crippen molar-refractivity contribution in [3.05, 3.63) is 90.3 Å². The van der Waals surface area contributed by atoms with Gasteiger partial charge in [-0.05, 0) is 35.4 Å². The van der Waals surface area contributed by atoms with Crippen LogP contribution in [0.1, 0.15) is 11.1 Å². The monoisotopic (exact) mass is 404 g/mol. The van der Waals surface area contributed by atoms with Crippen molar-refractivity contribution < 1.29 is 14.3 Å². The third-order valence-electron chi connectivity index (χ3n) is 4.44. The molecule has 154 valence electrons. The largest absolute Gasteiger partial charge is 0.497 e. The van der Waals surface area contributed by atoms with Crippen LogP contribution in [0.3, 0.4) is 0 Å². The smallest absolute Gasteiger partial charge is 0.315 e. The van der Waals surface area contributed by atoms with Gasteiger partial charge in [-0.1, -0.05) is 42.5 Å². The highest BCUT2D eigenvalue weighted by atomic mass is 16.5. The van der Waals surface area contributed by atoms with Gasteiger partial charge in [0.15, 0.2) is 0 Å². The number of anilines is 1. The number of pyridine rings is 1. The molecule has 0 aliphatic rings. The van der Waals surface area contributed by atoms with E-state index in [1.54, 1.807) is 31.6 Å². The lowest BCUT2D eigenvalue weighted by Crippen LogP contribution is -2.49. The Morgan fingerprint density at radius 2 is 1.70 bits per heavy atom. The minimum Gasteiger partial charge on any atom is -0.497 e. The van der Waals surface area contributed by atoms with E-state index in [2.05, 4.69) is 20.9 Å². The number of ether oxygens (including phenoxy) is 1. The molecule has 7 nitrogen and oxygen atoms in total. The van der Waals surface area contributed by atoms with Gasteiger partial charge in [-0.25, -0.2) is 4.79 Å². The average Bonchev–Trinajstić information content (AvgIpc) is 2.79. The van der Waals surface area contributed by atoms with E-state index in [0.29, 0.717) is 24.4 Å². The number of benzene rings is 2. The van der Waals surface area contributed by atoms with Gasteiger partial charge in [0.25, 0.3) is 0 Å². The van der Waals surface area contributed by atoms with Gasteiger partial charge in [0, 0.05) is 31.0 Å². The van der Waals surface area contributed by atoms with E-state index in [1.807, 2.05) is 54.6 Å². The molecule has 0 spiro atoms. The second-order valence-electron chi connectivity index (χ2n) is 6.65. The highest BCUT2D eigenvalue weighted by molar-refractivity contribution is 5.97. The molecule has 3 rings (SSSR count). The Hall–Kier alpha value is -3.87. The van der Waals surface area contributed by atoms with Crippen LogP contribution in [0.2, 0.25) is 0 Å². The number of carbonyl (C=O) groups excluding carboxylic acids is 2. The molecular formula is C23H24N4O3. The number of hydrogen-bond donors (Lipinski definition) is 3. The molecule has 3 amide bonds. The number of amides is 3. The van der Waals surface area contributed by atoms with Crippen LogP contribution >= 0.6 is 0 Å². The van der Waals surface area contributed by atoms with E-state index >= 15 is 0 Å². The average molecular weight is 404 g/mol. The quantitative estimate of drug-likeness (QED) is 0.538. The highest BCUT2D eigenvalue weighted by Gasteiger charge is 2.21. The SMILES string of the molecule is COc1cccc(CNC(=O)N[C@@H](Cc2ccccc2)C(=O)Nc2ccncc2)c1. The Labute approximate surface area is 175 Å². The minimum absolute atomic E-state index is 0.304. The Morgan fingerprint density at radius 1 is 0.967 bits per heavy atom. The van der Waals surface area contributed by atoms with Crippen molar-refractivity contribution in [2.24, 2.45) is 0 Å². The number of carbonyl (C=O) groups is 2. The first-order valence-electron chi connectivity index (χ1n) is 9.56. The molecule has 1 atom stereocenters. The van der Waals surface area contributed by atoms with Gasteiger partial charge in [0.1, 0.15) is 11.8 Å². The number of methoxy groups -OCH3 is 1. The fourth-order valence-electron chi connectivity index (χ4n) is 2.90. The number of nitrogens with zero attached hydrogens (tertiary/aromatic N) is 1. The second-order valence-corrected chi connectivity index (χ2v) is 6.65. The molecule has 0 fully saturated rings. The molecule has 2 aromatic carbocycles. The van der Waals surface area contributed by atoms with E-state index in [-0.39, 0.29) is 5.91 Å². The molecular weight excluding hydrogens is 380 g/mol. The topological polar surface area (TPSA) is 92.4 Å². The van der Waals surface area contributed by atoms with Crippen LogP contribution in [-0.4, -0.2) is 30.1 Å². The number of aromatic nitrogens is 1. The van der Waals surface area contributed by atoms with E-state index in [0.717, 1.165) is 11.1 Å². The molecule has 0 radical (unpaired) electrons. The Kier molecular flexibility index (Phi) is 7.38. The summed E-state index contributed by atoms with van der Waals surface area (Å²) in [4.78, 5) is 29.2. The van der Waals surface area contributed by atoms with Crippen molar-refractivity contribution in [1.82, 2.24) is 15.6 Å². The predicted molar refractivity (Wildman–Crippen MR) is 115 cm³/mol. The summed E-state index contributed by atoms with van der Waals surface area (Å²) in [6.45, 7) is 0.313. The maximum absolute atomic E-state index is 12.8. The Morgan fingerprint density at radius 3 is 2.43 bits per heavy atom. The summed E-state index contributed by atoms with van der Waals surface area (Å²) in [6.07, 6.45) is 3.55. The first kappa shape index (κ1) is 20.9. The summed E-state index contributed by atoms with van der Waals surface area (Å²) in [5, 5.41) is 8.38. The third kappa shape index (κ3) is 6.34. The molecule has 1 heterocycles. The normalized spacial score (nSPS) is 11.2. The van der Waals surface area contributed by atoms with Gasteiger partial charge in [-0.3, -0.25) is 9.78 Å². The van der Waals surface area contributed by atoms with E-state index in [4.69, 9.17) is 4.74 Å². The lowest BCUT2D eigenvalue weighted by atomic mass is 10.1. The van der Waals surface area contributed by atoms with E-state index < -0.39 is 12.1 Å².